The van der Waals surface area contributed by atoms with E-state index in [1.54, 1.807) is 0 Å². The normalized spacial score (nSPS) is 15.9. The Balaban J connectivity index is 1.36. The van der Waals surface area contributed by atoms with Crippen LogP contribution >= 0.6 is 0 Å². The van der Waals surface area contributed by atoms with Crippen LogP contribution in [0, 0.1) is 6.92 Å². The molecular weight excluding hydrogens is 310 g/mol. The van der Waals surface area contributed by atoms with E-state index in [-0.39, 0.29) is 5.91 Å². The Morgan fingerprint density at radius 2 is 1.72 bits per heavy atom. The van der Waals surface area contributed by atoms with Gasteiger partial charge in [0.1, 0.15) is 0 Å². The molecule has 0 bridgehead atoms. The molecule has 1 saturated heterocycles. The number of amides is 1. The molecule has 0 saturated carbocycles. The van der Waals surface area contributed by atoms with Gasteiger partial charge in [-0.3, -0.25) is 9.69 Å². The smallest absolute Gasteiger partial charge is 0.238 e. The van der Waals surface area contributed by atoms with Gasteiger partial charge < -0.3 is 10.6 Å². The van der Waals surface area contributed by atoms with Crippen LogP contribution in [-0.4, -0.2) is 36.5 Å². The molecule has 3 rings (SSSR count). The predicted molar refractivity (Wildman–Crippen MR) is 103 cm³/mol. The number of piperidine rings is 1. The summed E-state index contributed by atoms with van der Waals surface area (Å²) in [6, 6.07) is 18.9. The van der Waals surface area contributed by atoms with Crippen LogP contribution in [-0.2, 0) is 11.3 Å². The van der Waals surface area contributed by atoms with Crippen LogP contribution in [0.15, 0.2) is 54.6 Å². The van der Waals surface area contributed by atoms with E-state index in [1.165, 1.54) is 11.1 Å². The number of anilines is 1. The largest absolute Gasteiger partial charge is 0.325 e. The Hall–Kier alpha value is -2.17. The summed E-state index contributed by atoms with van der Waals surface area (Å²) in [6.07, 6.45) is 2.18. The molecule has 1 fully saturated rings. The minimum absolute atomic E-state index is 0.0237. The summed E-state index contributed by atoms with van der Waals surface area (Å²) < 4.78 is 0. The van der Waals surface area contributed by atoms with Crippen molar-refractivity contribution in [1.29, 1.82) is 0 Å². The molecule has 4 nitrogen and oxygen atoms in total. The maximum atomic E-state index is 12.1. The zero-order chi connectivity index (χ0) is 17.5. The minimum Gasteiger partial charge on any atom is -0.325 e. The number of likely N-dealkylation sites (tertiary alicyclic amines) is 1. The molecule has 0 unspecified atom stereocenters. The number of nitrogens with zero attached hydrogens (tertiary/aromatic N) is 1. The van der Waals surface area contributed by atoms with Crippen molar-refractivity contribution in [3.8, 4) is 0 Å². The number of benzene rings is 2. The molecule has 2 aromatic carbocycles. The molecule has 2 N–H and O–H groups in total. The van der Waals surface area contributed by atoms with Crippen LogP contribution in [0.3, 0.4) is 0 Å². The Kier molecular flexibility index (Phi) is 6.20. The Morgan fingerprint density at radius 1 is 1.04 bits per heavy atom. The van der Waals surface area contributed by atoms with Gasteiger partial charge in [-0.15, -0.1) is 0 Å². The summed E-state index contributed by atoms with van der Waals surface area (Å²) >= 11 is 0. The first kappa shape index (κ1) is 17.6. The highest BCUT2D eigenvalue weighted by Crippen LogP contribution is 2.14. The van der Waals surface area contributed by atoms with Gasteiger partial charge in [-0.2, -0.15) is 0 Å². The molecular formula is C21H27N3O. The maximum absolute atomic E-state index is 12.1. The molecule has 0 aromatic heterocycles. The summed E-state index contributed by atoms with van der Waals surface area (Å²) in [5, 5.41) is 6.34. The van der Waals surface area contributed by atoms with E-state index in [4.69, 9.17) is 0 Å². The second kappa shape index (κ2) is 8.79. The third-order valence-corrected chi connectivity index (χ3v) is 4.72. The summed E-state index contributed by atoms with van der Waals surface area (Å²) in [6.45, 7) is 5.58. The average Bonchev–Trinajstić information content (AvgIpc) is 2.64. The van der Waals surface area contributed by atoms with Crippen molar-refractivity contribution >= 4 is 11.6 Å². The van der Waals surface area contributed by atoms with Gasteiger partial charge in [0.15, 0.2) is 0 Å². The summed E-state index contributed by atoms with van der Waals surface area (Å²) in [7, 11) is 0. The lowest BCUT2D eigenvalue weighted by Gasteiger charge is -2.32. The Labute approximate surface area is 150 Å². The lowest BCUT2D eigenvalue weighted by atomic mass is 10.0. The third-order valence-electron chi connectivity index (χ3n) is 4.72. The summed E-state index contributed by atoms with van der Waals surface area (Å²) in [5.41, 5.74) is 3.42. The number of carbonyl (C=O) groups is 1. The number of hydrogen-bond acceptors (Lipinski definition) is 3. The molecule has 2 aromatic rings. The Morgan fingerprint density at radius 3 is 2.40 bits per heavy atom. The van der Waals surface area contributed by atoms with Gasteiger partial charge in [0.25, 0.3) is 0 Å². The van der Waals surface area contributed by atoms with E-state index in [0.717, 1.165) is 38.2 Å². The van der Waals surface area contributed by atoms with Gasteiger partial charge in [-0.25, -0.2) is 0 Å². The molecule has 0 radical (unpaired) electrons. The van der Waals surface area contributed by atoms with E-state index in [0.29, 0.717) is 12.6 Å². The maximum Gasteiger partial charge on any atom is 0.238 e. The molecule has 0 aliphatic carbocycles. The third kappa shape index (κ3) is 5.69. The molecule has 0 atom stereocenters. The van der Waals surface area contributed by atoms with Crippen LogP contribution in [0.1, 0.15) is 24.0 Å². The lowest BCUT2D eigenvalue weighted by Crippen LogP contribution is -2.44. The first-order chi connectivity index (χ1) is 12.2. The number of rotatable bonds is 6. The molecule has 1 aliphatic rings. The molecule has 0 spiro atoms. The molecule has 132 valence electrons. The highest BCUT2D eigenvalue weighted by molar-refractivity contribution is 5.92. The fraction of sp³-hybridized carbons (Fsp3) is 0.381. The molecule has 25 heavy (non-hydrogen) atoms. The average molecular weight is 337 g/mol. The van der Waals surface area contributed by atoms with E-state index < -0.39 is 0 Å². The van der Waals surface area contributed by atoms with Gasteiger partial charge in [-0.1, -0.05) is 48.0 Å². The van der Waals surface area contributed by atoms with Crippen molar-refractivity contribution in [2.45, 2.75) is 32.4 Å². The first-order valence-corrected chi connectivity index (χ1v) is 9.05. The van der Waals surface area contributed by atoms with Crippen LogP contribution in [0.25, 0.3) is 0 Å². The van der Waals surface area contributed by atoms with E-state index in [1.807, 2.05) is 31.2 Å². The van der Waals surface area contributed by atoms with E-state index >= 15 is 0 Å². The SMILES string of the molecule is Cc1ccc(NC(=O)CNC2CCN(Cc3ccccc3)CC2)cc1. The molecule has 1 amide bonds. The molecule has 1 heterocycles. The van der Waals surface area contributed by atoms with Gasteiger partial charge in [0.05, 0.1) is 6.54 Å². The van der Waals surface area contributed by atoms with E-state index in [9.17, 15) is 4.79 Å². The first-order valence-electron chi connectivity index (χ1n) is 9.05. The highest BCUT2D eigenvalue weighted by Gasteiger charge is 2.19. The quantitative estimate of drug-likeness (QED) is 0.851. The monoisotopic (exact) mass is 337 g/mol. The van der Waals surface area contributed by atoms with Crippen LogP contribution in [0.5, 0.6) is 0 Å². The number of nitrogens with one attached hydrogen (secondary N) is 2. The lowest BCUT2D eigenvalue weighted by molar-refractivity contribution is -0.115. The van der Waals surface area contributed by atoms with Crippen molar-refractivity contribution < 1.29 is 4.79 Å². The number of carbonyl (C=O) groups excluding carboxylic acids is 1. The van der Waals surface area contributed by atoms with Gasteiger partial charge in [-0.05, 0) is 50.6 Å². The van der Waals surface area contributed by atoms with Crippen LogP contribution in [0.4, 0.5) is 5.69 Å². The highest BCUT2D eigenvalue weighted by atomic mass is 16.1. The number of aryl methyl sites for hydroxylation is 1. The van der Waals surface area contributed by atoms with Gasteiger partial charge in [0, 0.05) is 18.3 Å². The standard InChI is InChI=1S/C21H27N3O/c1-17-7-9-20(10-8-17)23-21(25)15-22-19-11-13-24(14-12-19)16-18-5-3-2-4-6-18/h2-10,19,22H,11-16H2,1H3,(H,23,25). The summed E-state index contributed by atoms with van der Waals surface area (Å²) in [5.74, 6) is 0.0237. The fourth-order valence-corrected chi connectivity index (χ4v) is 3.22. The zero-order valence-corrected chi connectivity index (χ0v) is 14.9. The van der Waals surface area contributed by atoms with Crippen molar-refractivity contribution in [2.75, 3.05) is 25.0 Å². The van der Waals surface area contributed by atoms with Crippen molar-refractivity contribution in [1.82, 2.24) is 10.2 Å². The van der Waals surface area contributed by atoms with Crippen molar-refractivity contribution in [3.63, 3.8) is 0 Å². The van der Waals surface area contributed by atoms with Crippen LogP contribution in [0.2, 0.25) is 0 Å². The van der Waals surface area contributed by atoms with Gasteiger partial charge in [0.2, 0.25) is 5.91 Å². The second-order valence-corrected chi connectivity index (χ2v) is 6.83. The zero-order valence-electron chi connectivity index (χ0n) is 14.9. The molecule has 4 heteroatoms. The van der Waals surface area contributed by atoms with Gasteiger partial charge >= 0.3 is 0 Å². The van der Waals surface area contributed by atoms with Crippen molar-refractivity contribution in [3.05, 3.63) is 65.7 Å². The summed E-state index contributed by atoms with van der Waals surface area (Å²) in [4.78, 5) is 14.5. The number of hydrogen-bond donors (Lipinski definition) is 2. The van der Waals surface area contributed by atoms with Crippen molar-refractivity contribution in [2.24, 2.45) is 0 Å². The second-order valence-electron chi connectivity index (χ2n) is 6.83. The predicted octanol–water partition coefficient (Wildman–Crippen LogP) is 3.19. The molecule has 1 aliphatic heterocycles. The minimum atomic E-state index is 0.0237. The fourth-order valence-electron chi connectivity index (χ4n) is 3.22. The van der Waals surface area contributed by atoms with Crippen LogP contribution < -0.4 is 10.6 Å². The van der Waals surface area contributed by atoms with E-state index in [2.05, 4.69) is 45.9 Å². The Bertz CT molecular complexity index is 661. The topological polar surface area (TPSA) is 44.4 Å².